The van der Waals surface area contributed by atoms with Gasteiger partial charge in [-0.3, -0.25) is 9.11 Å². The van der Waals surface area contributed by atoms with Crippen molar-refractivity contribution < 1.29 is 4.21 Å². The van der Waals surface area contributed by atoms with E-state index in [0.717, 1.165) is 24.4 Å². The molecule has 2 aliphatic rings. The molecule has 4 heteroatoms. The Hall–Kier alpha value is 0.0700. The Morgan fingerprint density at radius 1 is 1.35 bits per heavy atom. The number of hydrogen-bond acceptors (Lipinski definition) is 3. The first kappa shape index (κ1) is 13.5. The van der Waals surface area contributed by atoms with Crippen LogP contribution in [0.3, 0.4) is 0 Å². The highest BCUT2D eigenvalue weighted by molar-refractivity contribution is 7.84. The van der Waals surface area contributed by atoms with Crippen LogP contribution in [0, 0.1) is 0 Å². The van der Waals surface area contributed by atoms with E-state index < -0.39 is 10.8 Å². The number of nitrogens with zero attached hydrogens (tertiary/aromatic N) is 1. The Balaban J connectivity index is 1.96. The van der Waals surface area contributed by atoms with Crippen LogP contribution in [0.4, 0.5) is 0 Å². The summed E-state index contributed by atoms with van der Waals surface area (Å²) in [5, 5.41) is 3.60. The minimum atomic E-state index is -0.669. The van der Waals surface area contributed by atoms with Gasteiger partial charge in [0.05, 0.1) is 0 Å². The van der Waals surface area contributed by atoms with Crippen LogP contribution >= 0.6 is 0 Å². The highest BCUT2D eigenvalue weighted by Gasteiger charge is 2.42. The molecule has 2 bridgehead atoms. The van der Waals surface area contributed by atoms with Crippen molar-refractivity contribution in [3.05, 3.63) is 0 Å². The maximum absolute atomic E-state index is 11.4. The molecule has 2 rings (SSSR count). The van der Waals surface area contributed by atoms with E-state index in [0.29, 0.717) is 12.1 Å². The van der Waals surface area contributed by atoms with Crippen molar-refractivity contribution in [3.8, 4) is 0 Å². The molecule has 0 saturated carbocycles. The third kappa shape index (κ3) is 3.09. The lowest BCUT2D eigenvalue weighted by Gasteiger charge is -2.42. The Labute approximate surface area is 108 Å². The van der Waals surface area contributed by atoms with Gasteiger partial charge in [-0.15, -0.1) is 0 Å². The summed E-state index contributed by atoms with van der Waals surface area (Å²) in [6.07, 6.45) is 7.07. The van der Waals surface area contributed by atoms with Crippen LogP contribution in [0.5, 0.6) is 0 Å². The summed E-state index contributed by atoms with van der Waals surface area (Å²) >= 11 is 0. The van der Waals surface area contributed by atoms with Crippen LogP contribution in [0.25, 0.3) is 0 Å². The van der Waals surface area contributed by atoms with Gasteiger partial charge in [-0.05, 0) is 39.2 Å². The van der Waals surface area contributed by atoms with E-state index in [1.165, 1.54) is 25.7 Å². The maximum Gasteiger partial charge on any atom is 0.0385 e. The first-order chi connectivity index (χ1) is 8.11. The van der Waals surface area contributed by atoms with Gasteiger partial charge in [-0.25, -0.2) is 0 Å². The van der Waals surface area contributed by atoms with Crippen molar-refractivity contribution in [2.75, 3.05) is 18.6 Å². The van der Waals surface area contributed by atoms with E-state index >= 15 is 0 Å². The fraction of sp³-hybridized carbons (Fsp3) is 1.00. The van der Waals surface area contributed by atoms with Crippen LogP contribution in [-0.2, 0) is 10.8 Å². The molecule has 0 amide bonds. The van der Waals surface area contributed by atoms with Gasteiger partial charge in [0.25, 0.3) is 0 Å². The molecule has 0 aromatic carbocycles. The Morgan fingerprint density at radius 2 is 1.94 bits per heavy atom. The Kier molecular flexibility index (Phi) is 4.61. The van der Waals surface area contributed by atoms with E-state index in [-0.39, 0.29) is 0 Å². The van der Waals surface area contributed by atoms with Crippen molar-refractivity contribution in [2.24, 2.45) is 0 Å². The maximum atomic E-state index is 11.4. The normalized spacial score (nSPS) is 37.0. The molecule has 2 heterocycles. The van der Waals surface area contributed by atoms with E-state index in [1.54, 1.807) is 0 Å². The van der Waals surface area contributed by atoms with Gasteiger partial charge >= 0.3 is 0 Å². The smallest absolute Gasteiger partial charge is 0.0385 e. The number of piperidine rings is 1. The summed E-state index contributed by atoms with van der Waals surface area (Å²) in [7, 11) is -0.669. The van der Waals surface area contributed by atoms with Crippen molar-refractivity contribution in [1.29, 1.82) is 0 Å². The van der Waals surface area contributed by atoms with Crippen LogP contribution < -0.4 is 5.32 Å². The van der Waals surface area contributed by atoms with Crippen LogP contribution in [0.2, 0.25) is 0 Å². The predicted molar refractivity (Wildman–Crippen MR) is 73.7 cm³/mol. The predicted octanol–water partition coefficient (Wildman–Crippen LogP) is 1.36. The molecule has 4 atom stereocenters. The van der Waals surface area contributed by atoms with Crippen molar-refractivity contribution in [3.63, 3.8) is 0 Å². The summed E-state index contributed by atoms with van der Waals surface area (Å²) in [6.45, 7) is 5.52. The van der Waals surface area contributed by atoms with Crippen LogP contribution in [0.1, 0.15) is 39.5 Å². The summed E-state index contributed by atoms with van der Waals surface area (Å²) in [5.74, 6) is 0.832. The van der Waals surface area contributed by atoms with Gasteiger partial charge in [0.15, 0.2) is 0 Å². The average molecular weight is 258 g/mol. The second kappa shape index (κ2) is 5.81. The molecule has 3 nitrogen and oxygen atoms in total. The van der Waals surface area contributed by atoms with Crippen LogP contribution in [0.15, 0.2) is 0 Å². The molecule has 0 aromatic rings. The molecule has 2 saturated heterocycles. The molecular formula is C13H26N2OS. The van der Waals surface area contributed by atoms with Gasteiger partial charge in [0, 0.05) is 47.0 Å². The zero-order valence-corrected chi connectivity index (χ0v) is 12.1. The minimum Gasteiger partial charge on any atom is -0.314 e. The molecule has 0 spiro atoms. The number of hydrogen-bond donors (Lipinski definition) is 1. The Bertz CT molecular complexity index is 271. The molecular weight excluding hydrogens is 232 g/mol. The molecule has 1 N–H and O–H groups in total. The summed E-state index contributed by atoms with van der Waals surface area (Å²) in [4.78, 5) is 2.66. The largest absolute Gasteiger partial charge is 0.314 e. The minimum absolute atomic E-state index is 0.487. The topological polar surface area (TPSA) is 32.3 Å². The second-order valence-corrected chi connectivity index (χ2v) is 7.13. The first-order valence-corrected chi connectivity index (χ1v) is 8.65. The molecule has 4 unspecified atom stereocenters. The molecule has 0 aliphatic carbocycles. The third-order valence-electron chi connectivity index (χ3n) is 4.27. The van der Waals surface area contributed by atoms with E-state index in [1.807, 2.05) is 6.26 Å². The fourth-order valence-electron chi connectivity index (χ4n) is 3.81. The SMILES string of the molecule is CCNC1CC2CCC(C1)N2C(C)CS(C)=O. The van der Waals surface area contributed by atoms with E-state index in [9.17, 15) is 4.21 Å². The zero-order chi connectivity index (χ0) is 12.4. The molecule has 0 radical (unpaired) electrons. The van der Waals surface area contributed by atoms with Crippen LogP contribution in [-0.4, -0.2) is 51.8 Å². The highest BCUT2D eigenvalue weighted by atomic mass is 32.2. The second-order valence-electron chi connectivity index (χ2n) is 5.65. The number of fused-ring (bicyclic) bond motifs is 2. The molecule has 0 aromatic heterocycles. The molecule has 100 valence electrons. The van der Waals surface area contributed by atoms with Crippen molar-refractivity contribution in [2.45, 2.75) is 63.7 Å². The monoisotopic (exact) mass is 258 g/mol. The lowest BCUT2D eigenvalue weighted by atomic mass is 9.96. The lowest BCUT2D eigenvalue weighted by Crippen LogP contribution is -2.53. The highest BCUT2D eigenvalue weighted by Crippen LogP contribution is 2.37. The average Bonchev–Trinajstić information content (AvgIpc) is 2.50. The lowest BCUT2D eigenvalue weighted by molar-refractivity contribution is 0.0871. The Morgan fingerprint density at radius 3 is 2.41 bits per heavy atom. The van der Waals surface area contributed by atoms with Crippen molar-refractivity contribution in [1.82, 2.24) is 10.2 Å². The van der Waals surface area contributed by atoms with Gasteiger partial charge < -0.3 is 5.32 Å². The molecule has 2 aliphatic heterocycles. The summed E-state index contributed by atoms with van der Waals surface area (Å²) < 4.78 is 11.4. The standard InChI is InChI=1S/C13H26N2OS/c1-4-14-11-7-12-5-6-13(8-11)15(12)10(2)9-17(3)16/h10-14H,4-9H2,1-3H3. The summed E-state index contributed by atoms with van der Waals surface area (Å²) in [6, 6.07) is 2.67. The van der Waals surface area contributed by atoms with Gasteiger partial charge in [0.1, 0.15) is 0 Å². The van der Waals surface area contributed by atoms with E-state index in [2.05, 4.69) is 24.1 Å². The quantitative estimate of drug-likeness (QED) is 0.808. The first-order valence-electron chi connectivity index (χ1n) is 6.92. The molecule has 17 heavy (non-hydrogen) atoms. The van der Waals surface area contributed by atoms with Gasteiger partial charge in [0.2, 0.25) is 0 Å². The third-order valence-corrected chi connectivity index (χ3v) is 5.22. The van der Waals surface area contributed by atoms with E-state index in [4.69, 9.17) is 0 Å². The van der Waals surface area contributed by atoms with Crippen molar-refractivity contribution >= 4 is 10.8 Å². The number of nitrogens with one attached hydrogen (secondary N) is 1. The van der Waals surface area contributed by atoms with Gasteiger partial charge in [-0.2, -0.15) is 0 Å². The fourth-order valence-corrected chi connectivity index (χ4v) is 4.67. The summed E-state index contributed by atoms with van der Waals surface area (Å²) in [5.41, 5.74) is 0. The van der Waals surface area contributed by atoms with Gasteiger partial charge in [-0.1, -0.05) is 6.92 Å². The number of rotatable bonds is 5. The molecule has 2 fully saturated rings. The zero-order valence-electron chi connectivity index (χ0n) is 11.3.